The summed E-state index contributed by atoms with van der Waals surface area (Å²) in [7, 11) is 0. The smallest absolute Gasteiger partial charge is 0.0784 e. The third-order valence-corrected chi connectivity index (χ3v) is 1.34. The van der Waals surface area contributed by atoms with Gasteiger partial charge in [0.1, 0.15) is 0 Å². The van der Waals surface area contributed by atoms with Crippen LogP contribution in [0.2, 0.25) is 0 Å². The van der Waals surface area contributed by atoms with Crippen molar-refractivity contribution in [2.75, 3.05) is 0 Å². The highest BCUT2D eigenvalue weighted by atomic mass is 14.8. The minimum atomic E-state index is -0.387. The average molecular weight is 135 g/mol. The first-order valence-electron chi connectivity index (χ1n) is 3.13. The molecule has 0 aliphatic rings. The SMILES string of the molecule is [CH2]c1cccc(C(N)N)c1. The van der Waals surface area contributed by atoms with Crippen molar-refractivity contribution in [1.29, 1.82) is 0 Å². The molecule has 10 heavy (non-hydrogen) atoms. The summed E-state index contributed by atoms with van der Waals surface area (Å²) in [5.74, 6) is 0. The van der Waals surface area contributed by atoms with Gasteiger partial charge in [-0.05, 0) is 18.1 Å². The Bertz CT molecular complexity index is 218. The van der Waals surface area contributed by atoms with Crippen LogP contribution in [0.1, 0.15) is 17.3 Å². The Morgan fingerprint density at radius 2 is 2.00 bits per heavy atom. The highest BCUT2D eigenvalue weighted by Crippen LogP contribution is 2.06. The molecule has 0 fully saturated rings. The van der Waals surface area contributed by atoms with Gasteiger partial charge < -0.3 is 11.5 Å². The van der Waals surface area contributed by atoms with E-state index in [1.165, 1.54) is 0 Å². The van der Waals surface area contributed by atoms with Crippen LogP contribution in [0.4, 0.5) is 0 Å². The first-order chi connectivity index (χ1) is 4.70. The molecule has 0 aliphatic heterocycles. The standard InChI is InChI=1S/C8H11N2/c1-6-3-2-4-7(5-6)8(9)10/h2-5,8H,1,9-10H2. The molecule has 1 rings (SSSR count). The molecule has 0 saturated carbocycles. The summed E-state index contributed by atoms with van der Waals surface area (Å²) in [5.41, 5.74) is 12.7. The molecule has 0 saturated heterocycles. The molecular formula is C8H11N2. The Hall–Kier alpha value is -0.860. The molecule has 0 amide bonds. The molecule has 1 aromatic carbocycles. The van der Waals surface area contributed by atoms with Crippen LogP contribution in [0.3, 0.4) is 0 Å². The second-order valence-corrected chi connectivity index (χ2v) is 2.27. The molecule has 0 spiro atoms. The van der Waals surface area contributed by atoms with Crippen molar-refractivity contribution in [3.8, 4) is 0 Å². The van der Waals surface area contributed by atoms with E-state index in [9.17, 15) is 0 Å². The van der Waals surface area contributed by atoms with E-state index in [2.05, 4.69) is 6.92 Å². The third-order valence-electron chi connectivity index (χ3n) is 1.34. The molecule has 0 aromatic heterocycles. The Labute approximate surface area is 60.8 Å². The maximum absolute atomic E-state index is 5.43. The third kappa shape index (κ3) is 1.56. The molecule has 1 radical (unpaired) electrons. The summed E-state index contributed by atoms with van der Waals surface area (Å²) < 4.78 is 0. The molecule has 0 heterocycles. The minimum absolute atomic E-state index is 0.387. The monoisotopic (exact) mass is 135 g/mol. The van der Waals surface area contributed by atoms with Crippen molar-refractivity contribution in [3.05, 3.63) is 42.3 Å². The normalized spacial score (nSPS) is 10.4. The topological polar surface area (TPSA) is 52.0 Å². The Morgan fingerprint density at radius 1 is 1.30 bits per heavy atom. The minimum Gasteiger partial charge on any atom is -0.312 e. The number of hydrogen-bond donors (Lipinski definition) is 2. The summed E-state index contributed by atoms with van der Waals surface area (Å²) in [6, 6.07) is 7.57. The van der Waals surface area contributed by atoms with E-state index in [4.69, 9.17) is 11.5 Å². The number of rotatable bonds is 1. The molecule has 53 valence electrons. The molecule has 0 bridgehead atoms. The van der Waals surface area contributed by atoms with Gasteiger partial charge in [0.05, 0.1) is 6.17 Å². The second kappa shape index (κ2) is 2.82. The van der Waals surface area contributed by atoms with Crippen molar-refractivity contribution in [3.63, 3.8) is 0 Å². The zero-order chi connectivity index (χ0) is 7.56. The average Bonchev–Trinajstić information content (AvgIpc) is 1.88. The van der Waals surface area contributed by atoms with E-state index in [1.807, 2.05) is 24.3 Å². The van der Waals surface area contributed by atoms with Gasteiger partial charge in [-0.2, -0.15) is 0 Å². The molecule has 4 N–H and O–H groups in total. The fraction of sp³-hybridized carbons (Fsp3) is 0.125. The van der Waals surface area contributed by atoms with Crippen molar-refractivity contribution >= 4 is 0 Å². The first kappa shape index (κ1) is 7.25. The van der Waals surface area contributed by atoms with Crippen LogP contribution in [0.25, 0.3) is 0 Å². The predicted octanol–water partition coefficient (Wildman–Crippen LogP) is 0.785. The summed E-state index contributed by atoms with van der Waals surface area (Å²) in [4.78, 5) is 0. The van der Waals surface area contributed by atoms with Gasteiger partial charge in [-0.15, -0.1) is 0 Å². The van der Waals surface area contributed by atoms with E-state index in [0.717, 1.165) is 11.1 Å². The quantitative estimate of drug-likeness (QED) is 0.559. The van der Waals surface area contributed by atoms with Crippen LogP contribution in [0, 0.1) is 6.92 Å². The van der Waals surface area contributed by atoms with E-state index >= 15 is 0 Å². The zero-order valence-electron chi connectivity index (χ0n) is 5.75. The molecule has 0 atom stereocenters. The van der Waals surface area contributed by atoms with Gasteiger partial charge in [0.25, 0.3) is 0 Å². The summed E-state index contributed by atoms with van der Waals surface area (Å²) >= 11 is 0. The molecule has 0 unspecified atom stereocenters. The highest BCUT2D eigenvalue weighted by Gasteiger charge is 1.96. The van der Waals surface area contributed by atoms with Crippen LogP contribution in [0.15, 0.2) is 24.3 Å². The molecule has 2 nitrogen and oxygen atoms in total. The van der Waals surface area contributed by atoms with Crippen molar-refractivity contribution in [1.82, 2.24) is 0 Å². The van der Waals surface area contributed by atoms with E-state index in [0.29, 0.717) is 0 Å². The highest BCUT2D eigenvalue weighted by molar-refractivity contribution is 5.26. The molecule has 2 heteroatoms. The van der Waals surface area contributed by atoms with Crippen LogP contribution in [-0.2, 0) is 0 Å². The van der Waals surface area contributed by atoms with Gasteiger partial charge in [0.2, 0.25) is 0 Å². The summed E-state index contributed by atoms with van der Waals surface area (Å²) in [6.07, 6.45) is -0.387. The van der Waals surface area contributed by atoms with Crippen molar-refractivity contribution < 1.29 is 0 Å². The summed E-state index contributed by atoms with van der Waals surface area (Å²) in [5, 5.41) is 0. The lowest BCUT2D eigenvalue weighted by Gasteiger charge is -2.04. The zero-order valence-corrected chi connectivity index (χ0v) is 5.75. The van der Waals surface area contributed by atoms with Crippen LogP contribution in [0.5, 0.6) is 0 Å². The van der Waals surface area contributed by atoms with Gasteiger partial charge in [-0.3, -0.25) is 0 Å². The fourth-order valence-corrected chi connectivity index (χ4v) is 0.800. The van der Waals surface area contributed by atoms with Gasteiger partial charge in [-0.25, -0.2) is 0 Å². The largest absolute Gasteiger partial charge is 0.312 e. The van der Waals surface area contributed by atoms with Crippen LogP contribution < -0.4 is 11.5 Å². The van der Waals surface area contributed by atoms with E-state index < -0.39 is 0 Å². The Balaban J connectivity index is 2.96. The van der Waals surface area contributed by atoms with Gasteiger partial charge in [0, 0.05) is 0 Å². The molecule has 0 aliphatic carbocycles. The number of hydrogen-bond acceptors (Lipinski definition) is 2. The first-order valence-corrected chi connectivity index (χ1v) is 3.13. The number of nitrogens with two attached hydrogens (primary N) is 2. The lowest BCUT2D eigenvalue weighted by molar-refractivity contribution is 0.773. The summed E-state index contributed by atoms with van der Waals surface area (Å²) in [6.45, 7) is 3.75. The number of benzene rings is 1. The van der Waals surface area contributed by atoms with Gasteiger partial charge in [0.15, 0.2) is 0 Å². The second-order valence-electron chi connectivity index (χ2n) is 2.27. The van der Waals surface area contributed by atoms with Crippen LogP contribution >= 0.6 is 0 Å². The molecular weight excluding hydrogens is 124 g/mol. The van der Waals surface area contributed by atoms with E-state index in [-0.39, 0.29) is 6.17 Å². The van der Waals surface area contributed by atoms with Gasteiger partial charge >= 0.3 is 0 Å². The van der Waals surface area contributed by atoms with Crippen LogP contribution in [-0.4, -0.2) is 0 Å². The lowest BCUT2D eigenvalue weighted by atomic mass is 10.1. The van der Waals surface area contributed by atoms with Crippen molar-refractivity contribution in [2.45, 2.75) is 6.17 Å². The maximum Gasteiger partial charge on any atom is 0.0784 e. The van der Waals surface area contributed by atoms with Gasteiger partial charge in [-0.1, -0.05) is 24.3 Å². The molecule has 1 aromatic rings. The van der Waals surface area contributed by atoms with Crippen molar-refractivity contribution in [2.24, 2.45) is 11.5 Å². The fourth-order valence-electron chi connectivity index (χ4n) is 0.800. The Morgan fingerprint density at radius 3 is 2.40 bits per heavy atom. The van der Waals surface area contributed by atoms with E-state index in [1.54, 1.807) is 0 Å². The Kier molecular flexibility index (Phi) is 2.04. The predicted molar refractivity (Wildman–Crippen MR) is 42.0 cm³/mol. The lowest BCUT2D eigenvalue weighted by Crippen LogP contribution is -2.19. The maximum atomic E-state index is 5.43.